The molecule has 3 rings (SSSR count). The first-order valence-electron chi connectivity index (χ1n) is 7.38. The van der Waals surface area contributed by atoms with Crippen molar-refractivity contribution < 1.29 is 14.3 Å². The van der Waals surface area contributed by atoms with E-state index in [1.807, 2.05) is 36.5 Å². The Morgan fingerprint density at radius 1 is 1.41 bits per heavy atom. The van der Waals surface area contributed by atoms with E-state index in [2.05, 4.69) is 5.10 Å². The lowest BCUT2D eigenvalue weighted by atomic mass is 10.2. The number of para-hydroxylation sites is 1. The van der Waals surface area contributed by atoms with Gasteiger partial charge in [-0.1, -0.05) is 18.2 Å². The maximum absolute atomic E-state index is 11.7. The minimum Gasteiger partial charge on any atom is -0.460 e. The minimum absolute atomic E-state index is 0.0539. The van der Waals surface area contributed by atoms with Crippen LogP contribution in [-0.4, -0.2) is 35.1 Å². The van der Waals surface area contributed by atoms with E-state index < -0.39 is 0 Å². The van der Waals surface area contributed by atoms with Crippen LogP contribution in [0.1, 0.15) is 18.4 Å². The molecule has 0 N–H and O–H groups in total. The van der Waals surface area contributed by atoms with Gasteiger partial charge >= 0.3 is 5.97 Å². The first kappa shape index (κ1) is 14.5. The number of nitrogens with zero attached hydrogens (tertiary/aromatic N) is 2. The number of carbonyl (C=O) groups is 1. The molecule has 5 nitrogen and oxygen atoms in total. The van der Waals surface area contributed by atoms with E-state index in [0.29, 0.717) is 6.61 Å². The van der Waals surface area contributed by atoms with E-state index >= 15 is 0 Å². The summed E-state index contributed by atoms with van der Waals surface area (Å²) in [6.45, 7) is 1.09. The highest BCUT2D eigenvalue weighted by Crippen LogP contribution is 2.12. The Kier molecular flexibility index (Phi) is 4.65. The Bertz CT molecular complexity index is 643. The van der Waals surface area contributed by atoms with Crippen molar-refractivity contribution >= 4 is 12.0 Å². The lowest BCUT2D eigenvalue weighted by Gasteiger charge is -2.08. The van der Waals surface area contributed by atoms with Crippen molar-refractivity contribution in [3.63, 3.8) is 0 Å². The minimum atomic E-state index is -0.358. The highest BCUT2D eigenvalue weighted by Gasteiger charge is 2.16. The smallest absolute Gasteiger partial charge is 0.330 e. The van der Waals surface area contributed by atoms with Crippen LogP contribution in [0, 0.1) is 0 Å². The highest BCUT2D eigenvalue weighted by molar-refractivity contribution is 5.86. The second-order valence-electron chi connectivity index (χ2n) is 5.15. The Balaban J connectivity index is 1.54. The molecule has 1 atom stereocenters. The van der Waals surface area contributed by atoms with E-state index in [1.165, 1.54) is 6.08 Å². The van der Waals surface area contributed by atoms with Gasteiger partial charge in [-0.2, -0.15) is 5.10 Å². The summed E-state index contributed by atoms with van der Waals surface area (Å²) in [5, 5.41) is 4.27. The first-order valence-corrected chi connectivity index (χ1v) is 7.38. The monoisotopic (exact) mass is 298 g/mol. The molecule has 0 spiro atoms. The van der Waals surface area contributed by atoms with E-state index in [4.69, 9.17) is 9.47 Å². The van der Waals surface area contributed by atoms with Crippen LogP contribution in [0.3, 0.4) is 0 Å². The molecule has 1 aromatic heterocycles. The molecule has 114 valence electrons. The predicted molar refractivity (Wildman–Crippen MR) is 82.5 cm³/mol. The van der Waals surface area contributed by atoms with Crippen LogP contribution in [0.5, 0.6) is 0 Å². The van der Waals surface area contributed by atoms with Gasteiger partial charge in [0.15, 0.2) is 0 Å². The number of aromatic nitrogens is 2. The molecule has 1 aliphatic rings. The Labute approximate surface area is 129 Å². The highest BCUT2D eigenvalue weighted by atomic mass is 16.6. The molecule has 0 amide bonds. The third-order valence-corrected chi connectivity index (χ3v) is 3.47. The van der Waals surface area contributed by atoms with Gasteiger partial charge in [-0.05, 0) is 31.1 Å². The fourth-order valence-corrected chi connectivity index (χ4v) is 2.31. The van der Waals surface area contributed by atoms with Crippen molar-refractivity contribution in [2.24, 2.45) is 0 Å². The number of hydrogen-bond donors (Lipinski definition) is 0. The number of rotatable bonds is 5. The van der Waals surface area contributed by atoms with Gasteiger partial charge in [0.2, 0.25) is 0 Å². The third-order valence-electron chi connectivity index (χ3n) is 3.47. The third kappa shape index (κ3) is 3.83. The number of hydrogen-bond acceptors (Lipinski definition) is 4. The van der Waals surface area contributed by atoms with Gasteiger partial charge in [-0.15, -0.1) is 0 Å². The molecule has 1 unspecified atom stereocenters. The summed E-state index contributed by atoms with van der Waals surface area (Å²) >= 11 is 0. The van der Waals surface area contributed by atoms with Crippen LogP contribution in [0.4, 0.5) is 0 Å². The second kappa shape index (κ2) is 7.04. The van der Waals surface area contributed by atoms with Gasteiger partial charge in [-0.3, -0.25) is 0 Å². The molecular formula is C17H18N2O3. The summed E-state index contributed by atoms with van der Waals surface area (Å²) in [4.78, 5) is 11.7. The number of carbonyl (C=O) groups excluding carboxylic acids is 1. The molecular weight excluding hydrogens is 280 g/mol. The quantitative estimate of drug-likeness (QED) is 0.629. The van der Waals surface area contributed by atoms with E-state index in [9.17, 15) is 4.79 Å². The maximum atomic E-state index is 11.7. The number of ether oxygens (including phenoxy) is 2. The molecule has 0 bridgehead atoms. The van der Waals surface area contributed by atoms with Crippen LogP contribution in [0.2, 0.25) is 0 Å². The summed E-state index contributed by atoms with van der Waals surface area (Å²) in [5.74, 6) is -0.358. The van der Waals surface area contributed by atoms with Gasteiger partial charge in [0.1, 0.15) is 6.61 Å². The van der Waals surface area contributed by atoms with Gasteiger partial charge in [0.05, 0.1) is 18.0 Å². The van der Waals surface area contributed by atoms with Crippen LogP contribution in [0.25, 0.3) is 11.8 Å². The fraction of sp³-hybridized carbons (Fsp3) is 0.294. The molecule has 2 aromatic rings. The van der Waals surface area contributed by atoms with E-state index in [0.717, 1.165) is 30.7 Å². The van der Waals surface area contributed by atoms with Crippen molar-refractivity contribution in [2.45, 2.75) is 18.9 Å². The molecule has 0 radical (unpaired) electrons. The molecule has 1 saturated heterocycles. The van der Waals surface area contributed by atoms with Crippen molar-refractivity contribution in [2.75, 3.05) is 13.2 Å². The standard InChI is InChI=1S/C17H18N2O3/c20-17(22-13-16-7-4-10-21-16)9-8-14-11-18-19(12-14)15-5-2-1-3-6-15/h1-3,5-6,8-9,11-12,16H,4,7,10,13H2/b9-8+. The van der Waals surface area contributed by atoms with E-state index in [-0.39, 0.29) is 12.1 Å². The summed E-state index contributed by atoms with van der Waals surface area (Å²) in [6.07, 6.45) is 8.73. The molecule has 1 fully saturated rings. The summed E-state index contributed by atoms with van der Waals surface area (Å²) in [5.41, 5.74) is 1.82. The van der Waals surface area contributed by atoms with Crippen LogP contribution >= 0.6 is 0 Å². The summed E-state index contributed by atoms with van der Waals surface area (Å²) in [7, 11) is 0. The Morgan fingerprint density at radius 3 is 3.05 bits per heavy atom. The van der Waals surface area contributed by atoms with Gasteiger partial charge in [0, 0.05) is 24.4 Å². The van der Waals surface area contributed by atoms with Crippen molar-refractivity contribution in [1.82, 2.24) is 9.78 Å². The van der Waals surface area contributed by atoms with Gasteiger partial charge < -0.3 is 9.47 Å². The zero-order valence-electron chi connectivity index (χ0n) is 12.2. The van der Waals surface area contributed by atoms with Crippen LogP contribution < -0.4 is 0 Å². The summed E-state index contributed by atoms with van der Waals surface area (Å²) in [6, 6.07) is 9.80. The molecule has 22 heavy (non-hydrogen) atoms. The molecule has 5 heteroatoms. The Hall–Kier alpha value is -2.40. The number of benzene rings is 1. The topological polar surface area (TPSA) is 53.4 Å². The predicted octanol–water partition coefficient (Wildman–Crippen LogP) is 2.61. The van der Waals surface area contributed by atoms with Crippen molar-refractivity contribution in [1.29, 1.82) is 0 Å². The second-order valence-corrected chi connectivity index (χ2v) is 5.15. The Morgan fingerprint density at radius 2 is 2.27 bits per heavy atom. The van der Waals surface area contributed by atoms with Crippen LogP contribution in [0.15, 0.2) is 48.8 Å². The average molecular weight is 298 g/mol. The van der Waals surface area contributed by atoms with Gasteiger partial charge in [0.25, 0.3) is 0 Å². The van der Waals surface area contributed by atoms with Crippen molar-refractivity contribution in [3.8, 4) is 5.69 Å². The molecule has 1 aromatic carbocycles. The maximum Gasteiger partial charge on any atom is 0.330 e. The largest absolute Gasteiger partial charge is 0.460 e. The fourth-order valence-electron chi connectivity index (χ4n) is 2.31. The zero-order valence-corrected chi connectivity index (χ0v) is 12.2. The van der Waals surface area contributed by atoms with Gasteiger partial charge in [-0.25, -0.2) is 9.48 Å². The molecule has 1 aliphatic heterocycles. The van der Waals surface area contributed by atoms with Crippen LogP contribution in [-0.2, 0) is 14.3 Å². The van der Waals surface area contributed by atoms with Crippen molar-refractivity contribution in [3.05, 3.63) is 54.4 Å². The molecule has 2 heterocycles. The number of esters is 1. The lowest BCUT2D eigenvalue weighted by molar-refractivity contribution is -0.140. The SMILES string of the molecule is O=C(/C=C/c1cnn(-c2ccccc2)c1)OCC1CCCO1. The lowest BCUT2D eigenvalue weighted by Crippen LogP contribution is -2.16. The first-order chi connectivity index (χ1) is 10.8. The molecule has 0 saturated carbocycles. The average Bonchev–Trinajstić information content (AvgIpc) is 3.23. The van der Waals surface area contributed by atoms with E-state index in [1.54, 1.807) is 17.0 Å². The molecule has 0 aliphatic carbocycles. The summed E-state index contributed by atoms with van der Waals surface area (Å²) < 4.78 is 12.3. The zero-order chi connectivity index (χ0) is 15.2. The normalized spacial score (nSPS) is 17.9.